The molecule has 2 N–H and O–H groups in total. The van der Waals surface area contributed by atoms with Gasteiger partial charge in [0.25, 0.3) is 10.0 Å². The number of carbonyl (C=O) groups excluding carboxylic acids is 1. The lowest BCUT2D eigenvalue weighted by atomic mass is 10.0. The number of nitrogens with zero attached hydrogens (tertiary/aromatic N) is 1. The lowest BCUT2D eigenvalue weighted by Crippen LogP contribution is -2.40. The molecule has 0 bridgehead atoms. The summed E-state index contributed by atoms with van der Waals surface area (Å²) in [5.74, 6) is -0.318. The average molecular weight is 332 g/mol. The van der Waals surface area contributed by atoms with Crippen LogP contribution in [0.1, 0.15) is 19.3 Å². The van der Waals surface area contributed by atoms with Crippen LogP contribution in [0.25, 0.3) is 0 Å². The van der Waals surface area contributed by atoms with Gasteiger partial charge in [-0.15, -0.1) is 11.3 Å². The summed E-state index contributed by atoms with van der Waals surface area (Å²) in [6.07, 6.45) is 2.67. The third-order valence-corrected chi connectivity index (χ3v) is 6.96. The number of likely N-dealkylation sites (N-methyl/N-ethyl adjacent to an activating group) is 1. The van der Waals surface area contributed by atoms with Crippen LogP contribution in [0.2, 0.25) is 0 Å². The van der Waals surface area contributed by atoms with Crippen molar-refractivity contribution in [3.63, 3.8) is 0 Å². The summed E-state index contributed by atoms with van der Waals surface area (Å²) in [5, 5.41) is 13.4. The third-order valence-electron chi connectivity index (χ3n) is 3.79. The van der Waals surface area contributed by atoms with Crippen molar-refractivity contribution in [2.24, 2.45) is 5.41 Å². The van der Waals surface area contributed by atoms with Gasteiger partial charge in [-0.3, -0.25) is 4.79 Å². The van der Waals surface area contributed by atoms with Gasteiger partial charge in [-0.25, -0.2) is 8.42 Å². The molecule has 118 valence electrons. The highest BCUT2D eigenvalue weighted by atomic mass is 32.2. The molecule has 2 rings (SSSR count). The second kappa shape index (κ2) is 6.43. The van der Waals surface area contributed by atoms with Crippen molar-refractivity contribution in [1.29, 1.82) is 0 Å². The lowest BCUT2D eigenvalue weighted by Gasteiger charge is -2.18. The number of amides is 1. The zero-order valence-corrected chi connectivity index (χ0v) is 13.5. The van der Waals surface area contributed by atoms with Gasteiger partial charge in [-0.05, 0) is 36.1 Å². The van der Waals surface area contributed by atoms with Crippen LogP contribution in [0.3, 0.4) is 0 Å². The molecule has 6 nitrogen and oxygen atoms in total. The molecule has 0 atom stereocenters. The topological polar surface area (TPSA) is 86.7 Å². The Labute approximate surface area is 128 Å². The summed E-state index contributed by atoms with van der Waals surface area (Å²) in [6.45, 7) is 0.414. The maximum Gasteiger partial charge on any atom is 0.252 e. The zero-order valence-electron chi connectivity index (χ0n) is 11.9. The molecule has 0 radical (unpaired) electrons. The SMILES string of the molecule is CN(CC(=O)NCC1(CCO)CC1)S(=O)(=O)c1cccs1. The molecule has 8 heteroatoms. The molecule has 1 aliphatic rings. The molecule has 0 aromatic carbocycles. The van der Waals surface area contributed by atoms with Crippen molar-refractivity contribution >= 4 is 27.3 Å². The van der Waals surface area contributed by atoms with E-state index in [9.17, 15) is 13.2 Å². The van der Waals surface area contributed by atoms with E-state index in [1.165, 1.54) is 13.1 Å². The molecule has 1 amide bonds. The standard InChI is InChI=1S/C13H20N2O4S2/c1-15(21(18,19)12-3-2-8-20-12)9-11(17)14-10-13(4-5-13)6-7-16/h2-3,8,16H,4-7,9-10H2,1H3,(H,14,17). The van der Waals surface area contributed by atoms with E-state index >= 15 is 0 Å². The van der Waals surface area contributed by atoms with Crippen LogP contribution in [-0.4, -0.2) is 50.5 Å². The van der Waals surface area contributed by atoms with Crippen LogP contribution in [0, 0.1) is 5.41 Å². The van der Waals surface area contributed by atoms with Gasteiger partial charge in [-0.1, -0.05) is 6.07 Å². The molecular formula is C13H20N2O4S2. The Kier molecular flexibility index (Phi) is 5.03. The predicted octanol–water partition coefficient (Wildman–Crippen LogP) is 0.647. The molecule has 1 aromatic rings. The van der Waals surface area contributed by atoms with Crippen LogP contribution < -0.4 is 5.32 Å². The summed E-state index contributed by atoms with van der Waals surface area (Å²) in [7, 11) is -2.19. The van der Waals surface area contributed by atoms with Crippen molar-refractivity contribution < 1.29 is 18.3 Å². The molecule has 1 aromatic heterocycles. The number of sulfonamides is 1. The second-order valence-electron chi connectivity index (χ2n) is 5.44. The summed E-state index contributed by atoms with van der Waals surface area (Å²) in [6, 6.07) is 3.19. The van der Waals surface area contributed by atoms with Crippen molar-refractivity contribution in [3.05, 3.63) is 17.5 Å². The monoisotopic (exact) mass is 332 g/mol. The van der Waals surface area contributed by atoms with Crippen molar-refractivity contribution in [2.45, 2.75) is 23.5 Å². The molecular weight excluding hydrogens is 312 g/mol. The third kappa shape index (κ3) is 4.03. The van der Waals surface area contributed by atoms with Crippen molar-refractivity contribution in [2.75, 3.05) is 26.7 Å². The quantitative estimate of drug-likeness (QED) is 0.732. The van der Waals surface area contributed by atoms with Gasteiger partial charge in [0.1, 0.15) is 4.21 Å². The Morgan fingerprint density at radius 3 is 2.76 bits per heavy atom. The number of rotatable bonds is 8. The molecule has 0 saturated heterocycles. The number of thiophene rings is 1. The first kappa shape index (κ1) is 16.4. The van der Waals surface area contributed by atoms with E-state index in [-0.39, 0.29) is 28.7 Å². The number of carbonyl (C=O) groups is 1. The van der Waals surface area contributed by atoms with Gasteiger partial charge in [0.15, 0.2) is 0 Å². The van der Waals surface area contributed by atoms with Gasteiger partial charge in [0, 0.05) is 20.2 Å². The highest BCUT2D eigenvalue weighted by molar-refractivity contribution is 7.91. The van der Waals surface area contributed by atoms with Gasteiger partial charge in [0.05, 0.1) is 6.54 Å². The van der Waals surface area contributed by atoms with E-state index < -0.39 is 10.0 Å². The molecule has 0 aliphatic heterocycles. The van der Waals surface area contributed by atoms with E-state index in [4.69, 9.17) is 5.11 Å². The lowest BCUT2D eigenvalue weighted by molar-refractivity contribution is -0.121. The number of hydrogen-bond acceptors (Lipinski definition) is 5. The van der Waals surface area contributed by atoms with Gasteiger partial charge in [-0.2, -0.15) is 4.31 Å². The van der Waals surface area contributed by atoms with Crippen molar-refractivity contribution in [1.82, 2.24) is 9.62 Å². The molecule has 0 spiro atoms. The van der Waals surface area contributed by atoms with E-state index in [0.717, 1.165) is 28.5 Å². The fourth-order valence-electron chi connectivity index (χ4n) is 2.12. The Balaban J connectivity index is 1.85. The largest absolute Gasteiger partial charge is 0.396 e. The minimum atomic E-state index is -3.59. The predicted molar refractivity (Wildman–Crippen MR) is 80.5 cm³/mol. The molecule has 1 fully saturated rings. The second-order valence-corrected chi connectivity index (χ2v) is 8.66. The highest BCUT2D eigenvalue weighted by Gasteiger charge is 2.42. The summed E-state index contributed by atoms with van der Waals surface area (Å²) in [5.41, 5.74) is 0.0234. The van der Waals surface area contributed by atoms with Gasteiger partial charge >= 0.3 is 0 Å². The van der Waals surface area contributed by atoms with E-state index in [1.807, 2.05) is 0 Å². The summed E-state index contributed by atoms with van der Waals surface area (Å²) < 4.78 is 25.6. The first-order valence-electron chi connectivity index (χ1n) is 6.77. The fraction of sp³-hybridized carbons (Fsp3) is 0.615. The Bertz CT molecular complexity index is 579. The number of aliphatic hydroxyl groups is 1. The molecule has 1 heterocycles. The van der Waals surface area contributed by atoms with Crippen LogP contribution >= 0.6 is 11.3 Å². The molecule has 0 unspecified atom stereocenters. The maximum absolute atomic E-state index is 12.2. The smallest absolute Gasteiger partial charge is 0.252 e. The Morgan fingerprint density at radius 1 is 1.52 bits per heavy atom. The van der Waals surface area contributed by atoms with E-state index in [2.05, 4.69) is 5.32 Å². The summed E-state index contributed by atoms with van der Waals surface area (Å²) in [4.78, 5) is 11.9. The van der Waals surface area contributed by atoms with Crippen LogP contribution in [0.5, 0.6) is 0 Å². The van der Waals surface area contributed by atoms with Crippen LogP contribution in [0.15, 0.2) is 21.7 Å². The van der Waals surface area contributed by atoms with Crippen molar-refractivity contribution in [3.8, 4) is 0 Å². The van der Waals surface area contributed by atoms with E-state index in [1.54, 1.807) is 11.4 Å². The summed E-state index contributed by atoms with van der Waals surface area (Å²) >= 11 is 1.13. The fourth-order valence-corrected chi connectivity index (χ4v) is 4.45. The minimum Gasteiger partial charge on any atom is -0.396 e. The maximum atomic E-state index is 12.2. The normalized spacial score (nSPS) is 16.9. The van der Waals surface area contributed by atoms with E-state index in [0.29, 0.717) is 13.0 Å². The first-order valence-corrected chi connectivity index (χ1v) is 9.09. The Hall–Kier alpha value is -0.960. The first-order chi connectivity index (χ1) is 9.89. The Morgan fingerprint density at radius 2 is 2.24 bits per heavy atom. The average Bonchev–Trinajstić information content (AvgIpc) is 2.98. The zero-order chi connectivity index (χ0) is 15.5. The van der Waals surface area contributed by atoms with Gasteiger partial charge in [0.2, 0.25) is 5.91 Å². The molecule has 1 aliphatic carbocycles. The van der Waals surface area contributed by atoms with Crippen LogP contribution in [0.4, 0.5) is 0 Å². The molecule has 1 saturated carbocycles. The number of aliphatic hydroxyl groups excluding tert-OH is 1. The number of hydrogen-bond donors (Lipinski definition) is 2. The number of nitrogens with one attached hydrogen (secondary N) is 1. The minimum absolute atomic E-state index is 0.0234. The highest BCUT2D eigenvalue weighted by Crippen LogP contribution is 2.47. The molecule has 21 heavy (non-hydrogen) atoms. The van der Waals surface area contributed by atoms with Crippen LogP contribution in [-0.2, 0) is 14.8 Å². The van der Waals surface area contributed by atoms with Gasteiger partial charge < -0.3 is 10.4 Å².